The van der Waals surface area contributed by atoms with Gasteiger partial charge >= 0.3 is 0 Å². The lowest BCUT2D eigenvalue weighted by molar-refractivity contribution is -0.141. The molecule has 1 unspecified atom stereocenters. The highest BCUT2D eigenvalue weighted by Crippen LogP contribution is 2.21. The first kappa shape index (κ1) is 28.7. The Morgan fingerprint density at radius 3 is 2.30 bits per heavy atom. The Labute approximate surface area is 221 Å². The molecule has 1 N–H and O–H groups in total. The van der Waals surface area contributed by atoms with E-state index in [9.17, 15) is 18.0 Å². The van der Waals surface area contributed by atoms with Crippen molar-refractivity contribution in [2.75, 3.05) is 20.7 Å². The van der Waals surface area contributed by atoms with E-state index in [2.05, 4.69) is 5.32 Å². The van der Waals surface area contributed by atoms with Gasteiger partial charge in [-0.1, -0.05) is 50.1 Å². The standard InChI is InChI=1S/C28H39N3O5S/c1-4-26(28(33)29-23-11-8-9-12-23)31(21-22-16-18-24(36-3)19-17-22)27(32)15-10-20-30(2)37(34,35)25-13-6-5-7-14-25/h5-7,13-14,16-19,23,26H,4,8-12,15,20-21H2,1-3H3,(H,29,33). The third-order valence-electron chi connectivity index (χ3n) is 6.91. The molecule has 0 saturated heterocycles. The zero-order valence-electron chi connectivity index (χ0n) is 22.1. The quantitative estimate of drug-likeness (QED) is 0.424. The molecule has 0 heterocycles. The fraction of sp³-hybridized carbons (Fsp3) is 0.500. The van der Waals surface area contributed by atoms with E-state index in [0.717, 1.165) is 37.0 Å². The lowest BCUT2D eigenvalue weighted by Gasteiger charge is -2.32. The second-order valence-electron chi connectivity index (χ2n) is 9.53. The number of hydrogen-bond acceptors (Lipinski definition) is 5. The Hall–Kier alpha value is -2.91. The number of carbonyl (C=O) groups is 2. The van der Waals surface area contributed by atoms with Crippen LogP contribution >= 0.6 is 0 Å². The predicted octanol–water partition coefficient (Wildman–Crippen LogP) is 3.96. The molecule has 9 heteroatoms. The summed E-state index contributed by atoms with van der Waals surface area (Å²) in [6, 6.07) is 15.3. The molecule has 3 rings (SSSR count). The molecule has 1 aliphatic carbocycles. The summed E-state index contributed by atoms with van der Waals surface area (Å²) in [7, 11) is -0.511. The summed E-state index contributed by atoms with van der Waals surface area (Å²) in [6.45, 7) is 2.40. The van der Waals surface area contributed by atoms with Crippen molar-refractivity contribution in [3.8, 4) is 5.75 Å². The molecular weight excluding hydrogens is 490 g/mol. The predicted molar refractivity (Wildman–Crippen MR) is 144 cm³/mol. The van der Waals surface area contributed by atoms with Crippen LogP contribution in [0.4, 0.5) is 0 Å². The minimum atomic E-state index is -3.63. The van der Waals surface area contributed by atoms with E-state index in [0.29, 0.717) is 12.8 Å². The highest BCUT2D eigenvalue weighted by Gasteiger charge is 2.30. The van der Waals surface area contributed by atoms with Crippen LogP contribution < -0.4 is 10.1 Å². The summed E-state index contributed by atoms with van der Waals surface area (Å²) < 4.78 is 32.1. The topological polar surface area (TPSA) is 96.0 Å². The second kappa shape index (κ2) is 13.6. The van der Waals surface area contributed by atoms with Gasteiger partial charge in [-0.25, -0.2) is 12.7 Å². The molecular formula is C28H39N3O5S. The van der Waals surface area contributed by atoms with Crippen molar-refractivity contribution in [1.82, 2.24) is 14.5 Å². The van der Waals surface area contributed by atoms with Crippen molar-refractivity contribution in [2.24, 2.45) is 0 Å². The number of benzene rings is 2. The molecule has 202 valence electrons. The molecule has 0 bridgehead atoms. The number of hydrogen-bond donors (Lipinski definition) is 1. The summed E-state index contributed by atoms with van der Waals surface area (Å²) in [6.07, 6.45) is 5.13. The monoisotopic (exact) mass is 529 g/mol. The van der Waals surface area contributed by atoms with Crippen molar-refractivity contribution in [3.05, 3.63) is 60.2 Å². The fourth-order valence-corrected chi connectivity index (χ4v) is 5.93. The third-order valence-corrected chi connectivity index (χ3v) is 8.79. The number of sulfonamides is 1. The average molecular weight is 530 g/mol. The van der Waals surface area contributed by atoms with E-state index < -0.39 is 16.1 Å². The number of nitrogens with zero attached hydrogens (tertiary/aromatic N) is 2. The molecule has 0 radical (unpaired) electrons. The van der Waals surface area contributed by atoms with Crippen LogP contribution in [0.5, 0.6) is 5.75 Å². The van der Waals surface area contributed by atoms with Crippen LogP contribution in [0.25, 0.3) is 0 Å². The minimum Gasteiger partial charge on any atom is -0.497 e. The Morgan fingerprint density at radius 2 is 1.70 bits per heavy atom. The zero-order valence-corrected chi connectivity index (χ0v) is 22.9. The summed E-state index contributed by atoms with van der Waals surface area (Å²) in [5.41, 5.74) is 0.894. The molecule has 0 aliphatic heterocycles. The first-order valence-electron chi connectivity index (χ1n) is 13.0. The number of amides is 2. The van der Waals surface area contributed by atoms with Crippen LogP contribution in [-0.2, 0) is 26.2 Å². The lowest BCUT2D eigenvalue weighted by atomic mass is 10.1. The first-order chi connectivity index (χ1) is 17.8. The average Bonchev–Trinajstić information content (AvgIpc) is 3.42. The summed E-state index contributed by atoms with van der Waals surface area (Å²) in [5, 5.41) is 3.14. The van der Waals surface area contributed by atoms with Crippen LogP contribution in [-0.4, -0.2) is 62.2 Å². The van der Waals surface area contributed by atoms with Crippen molar-refractivity contribution in [3.63, 3.8) is 0 Å². The van der Waals surface area contributed by atoms with E-state index in [1.54, 1.807) is 42.3 Å². The molecule has 0 spiro atoms. The van der Waals surface area contributed by atoms with E-state index in [1.165, 1.54) is 11.4 Å². The van der Waals surface area contributed by atoms with Gasteiger partial charge in [0, 0.05) is 32.6 Å². The normalized spacial score (nSPS) is 14.9. The van der Waals surface area contributed by atoms with Gasteiger partial charge in [-0.05, 0) is 55.5 Å². The molecule has 1 fully saturated rings. The summed E-state index contributed by atoms with van der Waals surface area (Å²) in [4.78, 5) is 28.6. The van der Waals surface area contributed by atoms with Crippen LogP contribution in [0.3, 0.4) is 0 Å². The molecule has 8 nitrogen and oxygen atoms in total. The summed E-state index contributed by atoms with van der Waals surface area (Å²) >= 11 is 0. The van der Waals surface area contributed by atoms with Gasteiger partial charge in [0.05, 0.1) is 12.0 Å². The third kappa shape index (κ3) is 7.79. The van der Waals surface area contributed by atoms with Gasteiger partial charge in [-0.3, -0.25) is 9.59 Å². The van der Waals surface area contributed by atoms with Gasteiger partial charge < -0.3 is 15.0 Å². The number of methoxy groups -OCH3 is 1. The highest BCUT2D eigenvalue weighted by atomic mass is 32.2. The van der Waals surface area contributed by atoms with Crippen LogP contribution in [0.1, 0.15) is 57.4 Å². The second-order valence-corrected chi connectivity index (χ2v) is 11.6. The largest absolute Gasteiger partial charge is 0.497 e. The van der Waals surface area contributed by atoms with Crippen LogP contribution in [0.15, 0.2) is 59.5 Å². The number of nitrogens with one attached hydrogen (secondary N) is 1. The Kier molecular flexibility index (Phi) is 10.5. The molecule has 37 heavy (non-hydrogen) atoms. The fourth-order valence-electron chi connectivity index (χ4n) is 4.70. The van der Waals surface area contributed by atoms with Gasteiger partial charge in [0.2, 0.25) is 21.8 Å². The maximum atomic E-state index is 13.5. The molecule has 1 atom stereocenters. The van der Waals surface area contributed by atoms with E-state index in [1.807, 2.05) is 31.2 Å². The molecule has 2 aromatic rings. The smallest absolute Gasteiger partial charge is 0.243 e. The molecule has 1 saturated carbocycles. The van der Waals surface area contributed by atoms with E-state index in [4.69, 9.17) is 4.74 Å². The van der Waals surface area contributed by atoms with Crippen molar-refractivity contribution >= 4 is 21.8 Å². The molecule has 2 aromatic carbocycles. The maximum Gasteiger partial charge on any atom is 0.243 e. The van der Waals surface area contributed by atoms with E-state index in [-0.39, 0.29) is 42.3 Å². The Morgan fingerprint density at radius 1 is 1.05 bits per heavy atom. The molecule has 2 amide bonds. The number of carbonyl (C=O) groups excluding carboxylic acids is 2. The van der Waals surface area contributed by atoms with Gasteiger partial charge in [-0.2, -0.15) is 0 Å². The van der Waals surface area contributed by atoms with Crippen LogP contribution in [0.2, 0.25) is 0 Å². The summed E-state index contributed by atoms with van der Waals surface area (Å²) in [5.74, 6) is 0.421. The van der Waals surface area contributed by atoms with Gasteiger partial charge in [0.15, 0.2) is 0 Å². The van der Waals surface area contributed by atoms with Crippen LogP contribution in [0, 0.1) is 0 Å². The van der Waals surface area contributed by atoms with Crippen molar-refractivity contribution < 1.29 is 22.7 Å². The number of rotatable bonds is 13. The first-order valence-corrected chi connectivity index (χ1v) is 14.4. The lowest BCUT2D eigenvalue weighted by Crippen LogP contribution is -2.51. The van der Waals surface area contributed by atoms with Gasteiger partial charge in [-0.15, -0.1) is 0 Å². The van der Waals surface area contributed by atoms with Gasteiger partial charge in [0.25, 0.3) is 0 Å². The van der Waals surface area contributed by atoms with Crippen molar-refractivity contribution in [1.29, 1.82) is 0 Å². The van der Waals surface area contributed by atoms with Crippen molar-refractivity contribution in [2.45, 2.75) is 75.4 Å². The SMILES string of the molecule is CCC(C(=O)NC1CCCC1)N(Cc1ccc(OC)cc1)C(=O)CCCN(C)S(=O)(=O)c1ccccc1. The molecule has 1 aliphatic rings. The van der Waals surface area contributed by atoms with Gasteiger partial charge in [0.1, 0.15) is 11.8 Å². The molecule has 0 aromatic heterocycles. The Bertz CT molecular complexity index is 1120. The zero-order chi connectivity index (χ0) is 26.8. The number of ether oxygens (including phenoxy) is 1. The maximum absolute atomic E-state index is 13.5. The Balaban J connectivity index is 1.69. The highest BCUT2D eigenvalue weighted by molar-refractivity contribution is 7.89. The minimum absolute atomic E-state index is 0.125. The van der Waals surface area contributed by atoms with E-state index >= 15 is 0 Å².